The first-order valence-electron chi connectivity index (χ1n) is 9.42. The zero-order chi connectivity index (χ0) is 21.1. The van der Waals surface area contributed by atoms with Crippen molar-refractivity contribution in [3.63, 3.8) is 0 Å². The van der Waals surface area contributed by atoms with Crippen LogP contribution in [-0.2, 0) is 4.74 Å². The van der Waals surface area contributed by atoms with Gasteiger partial charge >= 0.3 is 0 Å². The Morgan fingerprint density at radius 2 is 1.93 bits per heavy atom. The molecular weight excluding hydrogens is 406 g/mol. The first kappa shape index (κ1) is 20.0. The highest BCUT2D eigenvalue weighted by molar-refractivity contribution is 6.32. The third-order valence-electron chi connectivity index (χ3n) is 4.88. The van der Waals surface area contributed by atoms with Gasteiger partial charge in [-0.3, -0.25) is 14.9 Å². The van der Waals surface area contributed by atoms with Gasteiger partial charge in [0.15, 0.2) is 5.78 Å². The standard InChI is InChI=1S/C22H18ClN3O4/c23-18-7-5-16(14-20(18)26(28)29)21(27)8-6-17-13-15-3-1-2-4-19(15)24-22(17)25-9-11-30-12-10-25/h1-8,13-14H,9-12H2/b8-6+. The quantitative estimate of drug-likeness (QED) is 0.259. The number of aromatic nitrogens is 1. The molecule has 0 N–H and O–H groups in total. The molecule has 2 aromatic carbocycles. The lowest BCUT2D eigenvalue weighted by Crippen LogP contribution is -2.37. The Labute approximate surface area is 177 Å². The maximum atomic E-state index is 12.6. The summed E-state index contributed by atoms with van der Waals surface area (Å²) in [7, 11) is 0. The van der Waals surface area contributed by atoms with E-state index in [1.165, 1.54) is 24.3 Å². The van der Waals surface area contributed by atoms with Crippen molar-refractivity contribution in [2.24, 2.45) is 0 Å². The van der Waals surface area contributed by atoms with Crippen molar-refractivity contribution in [2.75, 3.05) is 31.2 Å². The number of carbonyl (C=O) groups is 1. The van der Waals surface area contributed by atoms with E-state index in [9.17, 15) is 14.9 Å². The molecule has 1 aliphatic heterocycles. The summed E-state index contributed by atoms with van der Waals surface area (Å²) in [5.74, 6) is 0.430. The number of para-hydroxylation sites is 1. The summed E-state index contributed by atoms with van der Waals surface area (Å²) in [6.45, 7) is 2.66. The SMILES string of the molecule is O=C(/C=C/c1cc2ccccc2nc1N1CCOCC1)c1ccc(Cl)c([N+](=O)[O-])c1. The van der Waals surface area contributed by atoms with Gasteiger partial charge in [-0.15, -0.1) is 0 Å². The molecule has 3 aromatic rings. The Bertz CT molecular complexity index is 1160. The lowest BCUT2D eigenvalue weighted by Gasteiger charge is -2.29. The van der Waals surface area contributed by atoms with Crippen LogP contribution in [0.5, 0.6) is 0 Å². The summed E-state index contributed by atoms with van der Waals surface area (Å²) in [5.41, 5.74) is 1.57. The zero-order valence-electron chi connectivity index (χ0n) is 16.0. The molecule has 0 unspecified atom stereocenters. The number of nitrogens with zero attached hydrogens (tertiary/aromatic N) is 3. The Kier molecular flexibility index (Phi) is 5.74. The fraction of sp³-hybridized carbons (Fsp3) is 0.182. The maximum absolute atomic E-state index is 12.6. The summed E-state index contributed by atoms with van der Waals surface area (Å²) < 4.78 is 5.44. The minimum atomic E-state index is -0.605. The van der Waals surface area contributed by atoms with Gasteiger partial charge in [0.25, 0.3) is 5.69 Å². The highest BCUT2D eigenvalue weighted by Gasteiger charge is 2.18. The van der Waals surface area contributed by atoms with Gasteiger partial charge in [0.05, 0.1) is 23.7 Å². The van der Waals surface area contributed by atoms with Gasteiger partial charge in [-0.1, -0.05) is 29.8 Å². The molecule has 2 heterocycles. The van der Waals surface area contributed by atoms with Crippen LogP contribution in [0.15, 0.2) is 54.6 Å². The number of pyridine rings is 1. The van der Waals surface area contributed by atoms with E-state index < -0.39 is 4.92 Å². The molecule has 0 amide bonds. The Hall–Kier alpha value is -3.29. The number of allylic oxidation sites excluding steroid dienone is 1. The van der Waals surface area contributed by atoms with E-state index in [1.54, 1.807) is 6.08 Å². The number of anilines is 1. The first-order valence-corrected chi connectivity index (χ1v) is 9.79. The molecule has 7 nitrogen and oxygen atoms in total. The van der Waals surface area contributed by atoms with E-state index in [-0.39, 0.29) is 22.1 Å². The van der Waals surface area contributed by atoms with Crippen molar-refractivity contribution in [2.45, 2.75) is 0 Å². The first-order chi connectivity index (χ1) is 14.5. The molecule has 1 fully saturated rings. The van der Waals surface area contributed by atoms with Crippen LogP contribution in [0.1, 0.15) is 15.9 Å². The van der Waals surface area contributed by atoms with Crippen LogP contribution >= 0.6 is 11.6 Å². The minimum absolute atomic E-state index is 0.00568. The van der Waals surface area contributed by atoms with Gasteiger partial charge in [-0.2, -0.15) is 0 Å². The van der Waals surface area contributed by atoms with E-state index >= 15 is 0 Å². The largest absolute Gasteiger partial charge is 0.378 e. The van der Waals surface area contributed by atoms with Crippen LogP contribution in [0.4, 0.5) is 11.5 Å². The molecule has 8 heteroatoms. The van der Waals surface area contributed by atoms with Gasteiger partial charge in [0, 0.05) is 35.7 Å². The van der Waals surface area contributed by atoms with Crippen molar-refractivity contribution in [1.82, 2.24) is 4.98 Å². The molecule has 0 aliphatic carbocycles. The second-order valence-corrected chi connectivity index (χ2v) is 7.22. The smallest absolute Gasteiger partial charge is 0.288 e. The number of morpholine rings is 1. The van der Waals surface area contributed by atoms with Crippen molar-refractivity contribution < 1.29 is 14.5 Å². The fourth-order valence-electron chi connectivity index (χ4n) is 3.34. The number of nitro groups is 1. The number of hydrogen-bond acceptors (Lipinski definition) is 6. The summed E-state index contributed by atoms with van der Waals surface area (Å²) in [6.07, 6.45) is 3.11. The molecule has 0 saturated carbocycles. The topological polar surface area (TPSA) is 85.6 Å². The molecule has 1 aliphatic rings. The van der Waals surface area contributed by atoms with Crippen molar-refractivity contribution >= 4 is 45.9 Å². The summed E-state index contributed by atoms with van der Waals surface area (Å²) in [6, 6.07) is 13.8. The van der Waals surface area contributed by atoms with Gasteiger partial charge in [0.2, 0.25) is 0 Å². The second kappa shape index (κ2) is 8.61. The lowest BCUT2D eigenvalue weighted by atomic mass is 10.1. The van der Waals surface area contributed by atoms with Crippen LogP contribution in [-0.4, -0.2) is 42.0 Å². The van der Waals surface area contributed by atoms with Crippen LogP contribution < -0.4 is 4.90 Å². The normalized spacial score (nSPS) is 14.4. The number of halogens is 1. The highest BCUT2D eigenvalue weighted by Crippen LogP contribution is 2.27. The molecule has 0 bridgehead atoms. The van der Waals surface area contributed by atoms with Crippen LogP contribution in [0.2, 0.25) is 5.02 Å². The van der Waals surface area contributed by atoms with Crippen LogP contribution in [0.3, 0.4) is 0 Å². The number of ether oxygens (including phenoxy) is 1. The number of carbonyl (C=O) groups excluding carboxylic acids is 1. The number of rotatable bonds is 5. The Morgan fingerprint density at radius 3 is 2.70 bits per heavy atom. The number of nitro benzene ring substituents is 1. The van der Waals surface area contributed by atoms with Gasteiger partial charge in [-0.25, -0.2) is 4.98 Å². The zero-order valence-corrected chi connectivity index (χ0v) is 16.7. The third-order valence-corrected chi connectivity index (χ3v) is 5.20. The molecule has 0 atom stereocenters. The van der Waals surface area contributed by atoms with E-state index in [4.69, 9.17) is 21.3 Å². The monoisotopic (exact) mass is 423 g/mol. The number of fused-ring (bicyclic) bond motifs is 1. The average Bonchev–Trinajstić information content (AvgIpc) is 2.77. The predicted octanol–water partition coefficient (Wildman–Crippen LogP) is 4.53. The molecule has 4 rings (SSSR count). The molecular formula is C22H18ClN3O4. The van der Waals surface area contributed by atoms with E-state index in [1.807, 2.05) is 30.3 Å². The predicted molar refractivity (Wildman–Crippen MR) is 116 cm³/mol. The highest BCUT2D eigenvalue weighted by atomic mass is 35.5. The van der Waals surface area contributed by atoms with Crippen molar-refractivity contribution in [3.8, 4) is 0 Å². The van der Waals surface area contributed by atoms with Crippen LogP contribution in [0, 0.1) is 10.1 Å². The van der Waals surface area contributed by atoms with Crippen molar-refractivity contribution in [3.05, 3.63) is 80.9 Å². The van der Waals surface area contributed by atoms with Gasteiger partial charge < -0.3 is 9.64 Å². The third kappa shape index (κ3) is 4.17. The lowest BCUT2D eigenvalue weighted by molar-refractivity contribution is -0.384. The summed E-state index contributed by atoms with van der Waals surface area (Å²) >= 11 is 5.84. The summed E-state index contributed by atoms with van der Waals surface area (Å²) in [5, 5.41) is 12.0. The Balaban J connectivity index is 1.70. The molecule has 0 radical (unpaired) electrons. The molecule has 1 aromatic heterocycles. The fourth-order valence-corrected chi connectivity index (χ4v) is 3.53. The van der Waals surface area contributed by atoms with Crippen LogP contribution in [0.25, 0.3) is 17.0 Å². The van der Waals surface area contributed by atoms with E-state index in [0.717, 1.165) is 22.3 Å². The number of ketones is 1. The van der Waals surface area contributed by atoms with Crippen molar-refractivity contribution in [1.29, 1.82) is 0 Å². The second-order valence-electron chi connectivity index (χ2n) is 6.81. The minimum Gasteiger partial charge on any atom is -0.378 e. The molecule has 1 saturated heterocycles. The summed E-state index contributed by atoms with van der Waals surface area (Å²) in [4.78, 5) is 30.1. The van der Waals surface area contributed by atoms with Gasteiger partial charge in [0.1, 0.15) is 10.8 Å². The van der Waals surface area contributed by atoms with E-state index in [2.05, 4.69) is 4.90 Å². The van der Waals surface area contributed by atoms with E-state index in [0.29, 0.717) is 26.3 Å². The molecule has 0 spiro atoms. The molecule has 30 heavy (non-hydrogen) atoms. The number of hydrogen-bond donors (Lipinski definition) is 0. The maximum Gasteiger partial charge on any atom is 0.288 e. The average molecular weight is 424 g/mol. The Morgan fingerprint density at radius 1 is 1.17 bits per heavy atom. The molecule has 152 valence electrons. The van der Waals surface area contributed by atoms with Gasteiger partial charge in [-0.05, 0) is 36.4 Å². The number of benzene rings is 2.